The summed E-state index contributed by atoms with van der Waals surface area (Å²) in [6.45, 7) is 8.66. The molecule has 22 nitrogen and oxygen atoms in total. The topological polar surface area (TPSA) is 332 Å². The first-order valence-electron chi connectivity index (χ1n) is 25.0. The minimum atomic E-state index is -1.57. The van der Waals surface area contributed by atoms with Gasteiger partial charge in [-0.05, 0) is 80.6 Å². The van der Waals surface area contributed by atoms with Gasteiger partial charge in [-0.1, -0.05) is 34.6 Å². The van der Waals surface area contributed by atoms with E-state index in [0.29, 0.717) is 32.1 Å². The zero-order chi connectivity index (χ0) is 56.8. The normalized spacial score (nSPS) is 13.4. The lowest BCUT2D eigenvalue weighted by Gasteiger charge is -2.35. The Hall–Kier alpha value is -9.34. The van der Waals surface area contributed by atoms with Gasteiger partial charge >= 0.3 is 47.8 Å². The SMILES string of the molecule is CCCC(=O)Oc1cc(OC(=O)CCC)c2c(c1)O[C@H](c1cc(OC(=O)CCC)c(OC(=O)CCC)c(OC(=O)CCC)c1)[C@H](OC(=O)c1cc(OC(=O)c3ccc(N)cc3O)c(O)c(OC(=O)c3ccc(N)cc3O)c1)C2. The van der Waals surface area contributed by atoms with Gasteiger partial charge < -0.3 is 69.4 Å². The number of rotatable bonds is 22. The van der Waals surface area contributed by atoms with Gasteiger partial charge in [0.15, 0.2) is 29.1 Å². The first-order valence-corrected chi connectivity index (χ1v) is 25.0. The number of fused-ring (bicyclic) bond motifs is 1. The second-order valence-corrected chi connectivity index (χ2v) is 17.7. The molecule has 0 bridgehead atoms. The van der Waals surface area contributed by atoms with E-state index in [1.54, 1.807) is 34.6 Å². The molecular weight excluding hydrogens is 1020 g/mol. The summed E-state index contributed by atoms with van der Waals surface area (Å²) in [6.07, 6.45) is -1.98. The number of hydrogen-bond acceptors (Lipinski definition) is 22. The van der Waals surface area contributed by atoms with Gasteiger partial charge in [0.25, 0.3) is 0 Å². The average Bonchev–Trinajstić information content (AvgIpc) is 3.38. The molecule has 0 aliphatic carbocycles. The Bertz CT molecular complexity index is 3000. The fraction of sp³-hybridized carbons (Fsp3) is 0.321. The molecule has 0 spiro atoms. The van der Waals surface area contributed by atoms with Crippen molar-refractivity contribution in [2.45, 2.75) is 117 Å². The standard InChI is InChI=1S/C56H58N2O20/c1-6-11-46(61)70-33-26-39(71-47(62)12-7-2)36-28-45(52(74-40(36)27-33)29-20-43(72-48(63)13-8-3)53(78-50(65)15-10-5)44(21-29)73-49(64)14-9-4)77-54(67)30-22-41(75-55(68)34-18-16-31(57)24-37(34)59)51(66)42(23-30)76-56(69)35-19-17-32(58)25-38(35)60/h16-27,45,52,59-60,66H,6-15,28,57-58H2,1-5H3/t45-,52-/m1/s1. The monoisotopic (exact) mass is 1080 g/mol. The molecule has 1 aliphatic heterocycles. The van der Waals surface area contributed by atoms with Crippen molar-refractivity contribution in [1.29, 1.82) is 0 Å². The summed E-state index contributed by atoms with van der Waals surface area (Å²) in [6, 6.07) is 13.7. The van der Waals surface area contributed by atoms with Crippen molar-refractivity contribution in [3.63, 3.8) is 0 Å². The minimum absolute atomic E-state index is 0.0184. The average molecular weight is 1080 g/mol. The summed E-state index contributed by atoms with van der Waals surface area (Å²) in [5, 5.41) is 32.5. The van der Waals surface area contributed by atoms with Gasteiger partial charge in [-0.25, -0.2) is 14.4 Å². The van der Waals surface area contributed by atoms with Crippen LogP contribution < -0.4 is 49.4 Å². The van der Waals surface area contributed by atoms with Crippen LogP contribution in [0.3, 0.4) is 0 Å². The number of benzene rings is 5. The van der Waals surface area contributed by atoms with E-state index >= 15 is 0 Å². The Kier molecular flexibility index (Phi) is 19.6. The third kappa shape index (κ3) is 14.7. The van der Waals surface area contributed by atoms with Crippen LogP contribution in [0.4, 0.5) is 11.4 Å². The summed E-state index contributed by atoms with van der Waals surface area (Å²) in [5.74, 6) is -12.9. The summed E-state index contributed by atoms with van der Waals surface area (Å²) in [5.41, 5.74) is 10.3. The number of aromatic hydroxyl groups is 3. The molecule has 2 atom stereocenters. The van der Waals surface area contributed by atoms with Crippen LogP contribution in [0.5, 0.6) is 63.2 Å². The molecule has 5 aromatic carbocycles. The molecule has 0 aromatic heterocycles. The Morgan fingerprint density at radius 1 is 0.500 bits per heavy atom. The summed E-state index contributed by atoms with van der Waals surface area (Å²) < 4.78 is 52.4. The third-order valence-electron chi connectivity index (χ3n) is 11.3. The van der Waals surface area contributed by atoms with Gasteiger partial charge in [0.2, 0.25) is 11.5 Å². The van der Waals surface area contributed by atoms with E-state index in [2.05, 4.69) is 0 Å². The van der Waals surface area contributed by atoms with Crippen molar-refractivity contribution in [3.8, 4) is 63.2 Å². The highest BCUT2D eigenvalue weighted by atomic mass is 16.6. The second-order valence-electron chi connectivity index (χ2n) is 17.7. The first-order chi connectivity index (χ1) is 37.2. The van der Waals surface area contributed by atoms with Gasteiger partial charge in [-0.2, -0.15) is 0 Å². The molecule has 78 heavy (non-hydrogen) atoms. The van der Waals surface area contributed by atoms with Gasteiger partial charge in [-0.3, -0.25) is 24.0 Å². The summed E-state index contributed by atoms with van der Waals surface area (Å²) >= 11 is 0. The number of hydrogen-bond donors (Lipinski definition) is 5. The number of ether oxygens (including phenoxy) is 9. The number of carbonyl (C=O) groups is 8. The quantitative estimate of drug-likeness (QED) is 0.0245. The molecule has 412 valence electrons. The lowest BCUT2D eigenvalue weighted by atomic mass is 9.93. The van der Waals surface area contributed by atoms with Crippen molar-refractivity contribution < 1.29 is 96.3 Å². The van der Waals surface area contributed by atoms with E-state index in [9.17, 15) is 53.7 Å². The summed E-state index contributed by atoms with van der Waals surface area (Å²) in [7, 11) is 0. The smallest absolute Gasteiger partial charge is 0.347 e. The fourth-order valence-electron chi connectivity index (χ4n) is 7.68. The van der Waals surface area contributed by atoms with E-state index < -0.39 is 123 Å². The predicted molar refractivity (Wildman–Crippen MR) is 275 cm³/mol. The number of phenols is 3. The molecule has 0 saturated heterocycles. The number of nitrogen functional groups attached to an aromatic ring is 2. The Morgan fingerprint density at radius 3 is 1.38 bits per heavy atom. The molecule has 7 N–H and O–H groups in total. The predicted octanol–water partition coefficient (Wildman–Crippen LogP) is 8.84. The molecule has 0 radical (unpaired) electrons. The van der Waals surface area contributed by atoms with Crippen LogP contribution >= 0.6 is 0 Å². The number of nitrogens with two attached hydrogens (primary N) is 2. The van der Waals surface area contributed by atoms with Gasteiger partial charge in [0.05, 0.1) is 5.56 Å². The van der Waals surface area contributed by atoms with E-state index in [4.69, 9.17) is 54.1 Å². The molecule has 1 heterocycles. The van der Waals surface area contributed by atoms with Crippen LogP contribution in [0.1, 0.15) is 147 Å². The Morgan fingerprint density at radius 2 is 0.936 bits per heavy atom. The van der Waals surface area contributed by atoms with Crippen LogP contribution in [0.2, 0.25) is 0 Å². The first kappa shape index (κ1) is 57.9. The van der Waals surface area contributed by atoms with E-state index in [-0.39, 0.29) is 78.3 Å². The molecule has 0 saturated carbocycles. The third-order valence-corrected chi connectivity index (χ3v) is 11.3. The van der Waals surface area contributed by atoms with Crippen molar-refractivity contribution >= 4 is 59.1 Å². The lowest BCUT2D eigenvalue weighted by Crippen LogP contribution is -2.35. The Labute approximate surface area is 447 Å². The minimum Gasteiger partial charge on any atom is -0.507 e. The molecule has 5 aromatic rings. The molecule has 0 amide bonds. The Balaban J connectivity index is 1.55. The lowest BCUT2D eigenvalue weighted by molar-refractivity contribution is -0.138. The molecule has 1 aliphatic rings. The van der Waals surface area contributed by atoms with Crippen LogP contribution in [0.25, 0.3) is 0 Å². The highest BCUT2D eigenvalue weighted by Gasteiger charge is 2.40. The van der Waals surface area contributed by atoms with Gasteiger partial charge in [0, 0.05) is 85.3 Å². The molecule has 0 fully saturated rings. The zero-order valence-corrected chi connectivity index (χ0v) is 43.3. The van der Waals surface area contributed by atoms with Crippen molar-refractivity contribution in [3.05, 3.63) is 101 Å². The highest BCUT2D eigenvalue weighted by molar-refractivity contribution is 5.98. The highest BCUT2D eigenvalue weighted by Crippen LogP contribution is 2.48. The largest absolute Gasteiger partial charge is 0.507 e. The number of phenolic OH excluding ortho intramolecular Hbond substituents is 3. The number of esters is 8. The molecule has 22 heteroatoms. The van der Waals surface area contributed by atoms with E-state index in [1.807, 2.05) is 0 Å². The van der Waals surface area contributed by atoms with E-state index in [0.717, 1.165) is 36.4 Å². The van der Waals surface area contributed by atoms with Crippen molar-refractivity contribution in [1.82, 2.24) is 0 Å². The van der Waals surface area contributed by atoms with Gasteiger partial charge in [0.1, 0.15) is 46.0 Å². The second kappa shape index (κ2) is 26.4. The maximum Gasteiger partial charge on any atom is 0.347 e. The van der Waals surface area contributed by atoms with Crippen molar-refractivity contribution in [2.75, 3.05) is 11.5 Å². The molecule has 6 rings (SSSR count). The van der Waals surface area contributed by atoms with Crippen LogP contribution in [0, 0.1) is 0 Å². The molecular formula is C56H58N2O20. The zero-order valence-electron chi connectivity index (χ0n) is 43.3. The number of carbonyl (C=O) groups excluding carboxylic acids is 8. The fourth-order valence-corrected chi connectivity index (χ4v) is 7.68. The summed E-state index contributed by atoms with van der Waals surface area (Å²) in [4.78, 5) is 107. The van der Waals surface area contributed by atoms with Crippen LogP contribution in [0.15, 0.2) is 72.8 Å². The van der Waals surface area contributed by atoms with Crippen LogP contribution in [-0.2, 0) is 35.1 Å². The molecule has 0 unspecified atom stereocenters. The van der Waals surface area contributed by atoms with Crippen LogP contribution in [-0.4, -0.2) is 69.2 Å². The van der Waals surface area contributed by atoms with Gasteiger partial charge in [-0.15, -0.1) is 0 Å². The van der Waals surface area contributed by atoms with Crippen molar-refractivity contribution in [2.24, 2.45) is 0 Å². The van der Waals surface area contributed by atoms with E-state index in [1.165, 1.54) is 36.4 Å². The maximum absolute atomic E-state index is 14.8. The maximum atomic E-state index is 14.8. The number of anilines is 2.